The summed E-state index contributed by atoms with van der Waals surface area (Å²) < 4.78 is 29.2. The number of hydrogen-bond acceptors (Lipinski definition) is 5. The van der Waals surface area contributed by atoms with Crippen LogP contribution in [0.4, 0.5) is 5.13 Å². The number of thiazole rings is 1. The zero-order chi connectivity index (χ0) is 21.1. The van der Waals surface area contributed by atoms with Gasteiger partial charge in [0.15, 0.2) is 5.13 Å². The molecule has 30 heavy (non-hydrogen) atoms. The average molecular weight is 505 g/mol. The Balaban J connectivity index is 1.64. The second-order valence-corrected chi connectivity index (χ2v) is 10.0. The minimum absolute atomic E-state index is 0.0803. The first kappa shape index (κ1) is 20.7. The first-order valence-electron chi connectivity index (χ1n) is 8.95. The molecule has 1 atom stereocenters. The van der Waals surface area contributed by atoms with Crippen LogP contribution in [0, 0.1) is 0 Å². The maximum atomic E-state index is 12.9. The summed E-state index contributed by atoms with van der Waals surface area (Å²) in [6, 6.07) is 12.9. The van der Waals surface area contributed by atoms with Crippen LogP contribution in [0.15, 0.2) is 75.7 Å². The van der Waals surface area contributed by atoms with Crippen molar-refractivity contribution in [1.82, 2.24) is 14.7 Å². The van der Waals surface area contributed by atoms with Gasteiger partial charge in [0, 0.05) is 33.1 Å². The van der Waals surface area contributed by atoms with Crippen LogP contribution >= 0.6 is 27.3 Å². The number of halogens is 1. The molecule has 1 unspecified atom stereocenters. The molecular weight excluding hydrogens is 488 g/mol. The van der Waals surface area contributed by atoms with E-state index in [9.17, 15) is 13.2 Å². The van der Waals surface area contributed by atoms with Gasteiger partial charge in [-0.15, -0.1) is 11.3 Å². The third kappa shape index (κ3) is 4.62. The topological polar surface area (TPSA) is 104 Å². The van der Waals surface area contributed by atoms with Gasteiger partial charge >= 0.3 is 0 Å². The van der Waals surface area contributed by atoms with E-state index in [1.165, 1.54) is 23.5 Å². The molecule has 0 saturated carbocycles. The SMILES string of the molecule is O=C(Nc1nccs1)C(Cc1c[nH]c2ccccc12)NS(=O)(=O)c1ccc(Br)cc1. The van der Waals surface area contributed by atoms with Crippen molar-refractivity contribution in [2.75, 3.05) is 5.32 Å². The maximum absolute atomic E-state index is 12.9. The monoisotopic (exact) mass is 504 g/mol. The minimum atomic E-state index is -3.92. The van der Waals surface area contributed by atoms with Crippen molar-refractivity contribution < 1.29 is 13.2 Å². The van der Waals surface area contributed by atoms with Gasteiger partial charge in [-0.3, -0.25) is 4.79 Å². The van der Waals surface area contributed by atoms with Crippen molar-refractivity contribution in [1.29, 1.82) is 0 Å². The van der Waals surface area contributed by atoms with Crippen molar-refractivity contribution in [2.24, 2.45) is 0 Å². The zero-order valence-corrected chi connectivity index (χ0v) is 18.7. The second kappa shape index (κ2) is 8.68. The Morgan fingerprint density at radius 1 is 1.17 bits per heavy atom. The summed E-state index contributed by atoms with van der Waals surface area (Å²) in [7, 11) is -3.92. The van der Waals surface area contributed by atoms with Crippen LogP contribution in [0.25, 0.3) is 10.9 Å². The number of nitrogens with one attached hydrogen (secondary N) is 3. The van der Waals surface area contributed by atoms with E-state index >= 15 is 0 Å². The molecule has 7 nitrogen and oxygen atoms in total. The number of hydrogen-bond donors (Lipinski definition) is 3. The highest BCUT2D eigenvalue weighted by atomic mass is 79.9. The van der Waals surface area contributed by atoms with Crippen molar-refractivity contribution in [3.8, 4) is 0 Å². The molecule has 4 aromatic rings. The Bertz CT molecular complexity index is 1270. The molecule has 0 bridgehead atoms. The molecule has 10 heteroatoms. The van der Waals surface area contributed by atoms with Crippen LogP contribution in [-0.4, -0.2) is 30.3 Å². The van der Waals surface area contributed by atoms with E-state index < -0.39 is 22.0 Å². The summed E-state index contributed by atoms with van der Waals surface area (Å²) in [5.41, 5.74) is 1.76. The van der Waals surface area contributed by atoms with E-state index in [0.29, 0.717) is 5.13 Å². The third-order valence-corrected chi connectivity index (χ3v) is 7.20. The average Bonchev–Trinajstić information content (AvgIpc) is 3.38. The molecule has 3 N–H and O–H groups in total. The Morgan fingerprint density at radius 2 is 1.93 bits per heavy atom. The van der Waals surface area contributed by atoms with Gasteiger partial charge in [-0.2, -0.15) is 4.72 Å². The van der Waals surface area contributed by atoms with Crippen LogP contribution in [0.3, 0.4) is 0 Å². The highest BCUT2D eigenvalue weighted by Gasteiger charge is 2.27. The predicted octanol–water partition coefficient (Wildman–Crippen LogP) is 3.92. The molecular formula is C20H17BrN4O3S2. The number of aromatic nitrogens is 2. The molecule has 1 amide bonds. The summed E-state index contributed by atoms with van der Waals surface area (Å²) in [5, 5.41) is 5.77. The van der Waals surface area contributed by atoms with Crippen molar-refractivity contribution in [3.05, 3.63) is 76.3 Å². The number of carbonyl (C=O) groups is 1. The fourth-order valence-electron chi connectivity index (χ4n) is 3.06. The molecule has 0 spiro atoms. The molecule has 0 aliphatic heterocycles. The number of amides is 1. The first-order valence-corrected chi connectivity index (χ1v) is 12.1. The number of H-pyrrole nitrogens is 1. The standard InChI is InChI=1S/C20H17BrN4O3S2/c21-14-5-7-15(8-6-14)30(27,28)25-18(19(26)24-20-22-9-10-29-20)11-13-12-23-17-4-2-1-3-16(13)17/h1-10,12,18,23,25H,11H2,(H,22,24,26). The molecule has 0 aliphatic rings. The van der Waals surface area contributed by atoms with Gasteiger partial charge in [0.25, 0.3) is 0 Å². The van der Waals surface area contributed by atoms with E-state index in [1.807, 2.05) is 24.3 Å². The summed E-state index contributed by atoms with van der Waals surface area (Å²) in [4.78, 5) is 20.2. The molecule has 4 rings (SSSR count). The molecule has 0 aliphatic carbocycles. The summed E-state index contributed by atoms with van der Waals surface area (Å²) in [6.07, 6.45) is 3.54. The molecule has 154 valence electrons. The van der Waals surface area contributed by atoms with Crippen LogP contribution in [0.1, 0.15) is 5.56 Å². The molecule has 2 heterocycles. The number of benzene rings is 2. The number of sulfonamides is 1. The Labute approximate surface area is 185 Å². The Morgan fingerprint density at radius 3 is 2.67 bits per heavy atom. The number of nitrogens with zero attached hydrogens (tertiary/aromatic N) is 1. The van der Waals surface area contributed by atoms with Gasteiger partial charge in [0.2, 0.25) is 15.9 Å². The molecule has 0 fully saturated rings. The lowest BCUT2D eigenvalue weighted by atomic mass is 10.1. The number of rotatable bonds is 7. The lowest BCUT2D eigenvalue weighted by Gasteiger charge is -2.18. The molecule has 2 aromatic carbocycles. The maximum Gasteiger partial charge on any atom is 0.244 e. The first-order chi connectivity index (χ1) is 14.4. The lowest BCUT2D eigenvalue weighted by Crippen LogP contribution is -2.45. The van der Waals surface area contributed by atoms with E-state index in [-0.39, 0.29) is 11.3 Å². The minimum Gasteiger partial charge on any atom is -0.361 e. The van der Waals surface area contributed by atoms with Crippen molar-refractivity contribution in [2.45, 2.75) is 17.4 Å². The van der Waals surface area contributed by atoms with E-state index in [2.05, 4.69) is 35.9 Å². The fraction of sp³-hybridized carbons (Fsp3) is 0.100. The van der Waals surface area contributed by atoms with E-state index in [0.717, 1.165) is 20.9 Å². The molecule has 2 aromatic heterocycles. The van der Waals surface area contributed by atoms with Crippen molar-refractivity contribution in [3.63, 3.8) is 0 Å². The zero-order valence-electron chi connectivity index (χ0n) is 15.5. The summed E-state index contributed by atoms with van der Waals surface area (Å²) >= 11 is 4.56. The number of carbonyl (C=O) groups excluding carboxylic acids is 1. The molecule has 0 radical (unpaired) electrons. The number of anilines is 1. The fourth-order valence-corrected chi connectivity index (χ4v) is 5.05. The van der Waals surface area contributed by atoms with Crippen LogP contribution < -0.4 is 10.0 Å². The predicted molar refractivity (Wildman–Crippen MR) is 121 cm³/mol. The van der Waals surface area contributed by atoms with Gasteiger partial charge in [-0.1, -0.05) is 34.1 Å². The van der Waals surface area contributed by atoms with Gasteiger partial charge in [0.1, 0.15) is 6.04 Å². The molecule has 0 saturated heterocycles. The van der Waals surface area contributed by atoms with Crippen LogP contribution in [0.2, 0.25) is 0 Å². The Kier molecular flexibility index (Phi) is 6.00. The number of aromatic amines is 1. The van der Waals surface area contributed by atoms with Crippen LogP contribution in [0.5, 0.6) is 0 Å². The number of fused-ring (bicyclic) bond motifs is 1. The van der Waals surface area contributed by atoms with Gasteiger partial charge in [-0.05, 0) is 42.3 Å². The van der Waals surface area contributed by atoms with E-state index in [4.69, 9.17) is 0 Å². The Hall–Kier alpha value is -2.53. The second-order valence-electron chi connectivity index (χ2n) is 6.52. The van der Waals surface area contributed by atoms with Gasteiger partial charge < -0.3 is 10.3 Å². The summed E-state index contributed by atoms with van der Waals surface area (Å²) in [6.45, 7) is 0. The van der Waals surface area contributed by atoms with Gasteiger partial charge in [-0.25, -0.2) is 13.4 Å². The smallest absolute Gasteiger partial charge is 0.244 e. The van der Waals surface area contributed by atoms with Crippen LogP contribution in [-0.2, 0) is 21.2 Å². The third-order valence-electron chi connectivity index (χ3n) is 4.50. The summed E-state index contributed by atoms with van der Waals surface area (Å²) in [5.74, 6) is -0.476. The number of para-hydroxylation sites is 1. The quantitative estimate of drug-likeness (QED) is 0.354. The highest BCUT2D eigenvalue weighted by Crippen LogP contribution is 2.21. The van der Waals surface area contributed by atoms with Gasteiger partial charge in [0.05, 0.1) is 4.90 Å². The largest absolute Gasteiger partial charge is 0.361 e. The normalized spacial score (nSPS) is 12.7. The van der Waals surface area contributed by atoms with E-state index in [1.54, 1.807) is 29.9 Å². The highest BCUT2D eigenvalue weighted by molar-refractivity contribution is 9.10. The van der Waals surface area contributed by atoms with Crippen molar-refractivity contribution >= 4 is 59.2 Å². The lowest BCUT2D eigenvalue weighted by molar-refractivity contribution is -0.117.